The Morgan fingerprint density at radius 3 is 2.12 bits per heavy atom. The average molecular weight is 344 g/mol. The van der Waals surface area contributed by atoms with Crippen molar-refractivity contribution in [1.82, 2.24) is 0 Å². The number of benzene rings is 1. The molecule has 0 aliphatic heterocycles. The van der Waals surface area contributed by atoms with E-state index in [0.717, 1.165) is 54.4 Å². The topological polar surface area (TPSA) is 54.4 Å². The van der Waals surface area contributed by atoms with Crippen molar-refractivity contribution in [3.05, 3.63) is 34.4 Å². The predicted molar refractivity (Wildman–Crippen MR) is 101 cm³/mol. The third kappa shape index (κ3) is 3.96. The summed E-state index contributed by atoms with van der Waals surface area (Å²) in [6.45, 7) is 8.06. The minimum atomic E-state index is -0.800. The van der Waals surface area contributed by atoms with E-state index in [2.05, 4.69) is 6.92 Å². The second kappa shape index (κ2) is 8.16. The highest BCUT2D eigenvalue weighted by Crippen LogP contribution is 2.48. The van der Waals surface area contributed by atoms with Crippen LogP contribution in [0.4, 0.5) is 0 Å². The SMILES string of the molecule is CCCCC(C(=O)O)C1(C(=O)c2c(C)cc(C)cc2C)CCCCC1. The minimum Gasteiger partial charge on any atom is -0.481 e. The van der Waals surface area contributed by atoms with Crippen molar-refractivity contribution in [3.63, 3.8) is 0 Å². The van der Waals surface area contributed by atoms with E-state index in [-0.39, 0.29) is 5.78 Å². The Morgan fingerprint density at radius 2 is 1.64 bits per heavy atom. The first kappa shape index (κ1) is 19.7. The molecule has 3 nitrogen and oxygen atoms in total. The maximum Gasteiger partial charge on any atom is 0.307 e. The van der Waals surface area contributed by atoms with Gasteiger partial charge >= 0.3 is 5.97 Å². The van der Waals surface area contributed by atoms with E-state index in [4.69, 9.17) is 0 Å². The number of carboxylic acid groups (broad SMARTS) is 1. The van der Waals surface area contributed by atoms with E-state index in [1.165, 1.54) is 0 Å². The molecule has 0 aromatic heterocycles. The summed E-state index contributed by atoms with van der Waals surface area (Å²) in [4.78, 5) is 25.8. The van der Waals surface area contributed by atoms with Crippen molar-refractivity contribution < 1.29 is 14.7 Å². The van der Waals surface area contributed by atoms with Crippen molar-refractivity contribution in [1.29, 1.82) is 0 Å². The van der Waals surface area contributed by atoms with Crippen molar-refractivity contribution in [2.75, 3.05) is 0 Å². The minimum absolute atomic E-state index is 0.0747. The fourth-order valence-electron chi connectivity index (χ4n) is 4.75. The van der Waals surface area contributed by atoms with Gasteiger partial charge in [-0.2, -0.15) is 0 Å². The van der Waals surface area contributed by atoms with Crippen LogP contribution in [0.25, 0.3) is 0 Å². The molecule has 1 unspecified atom stereocenters. The zero-order valence-electron chi connectivity index (χ0n) is 16.2. The van der Waals surface area contributed by atoms with Gasteiger partial charge < -0.3 is 5.11 Å². The van der Waals surface area contributed by atoms with Crippen LogP contribution in [-0.4, -0.2) is 16.9 Å². The molecule has 3 heteroatoms. The summed E-state index contributed by atoms with van der Waals surface area (Å²) in [7, 11) is 0. The Morgan fingerprint density at radius 1 is 1.08 bits per heavy atom. The van der Waals surface area contributed by atoms with E-state index >= 15 is 0 Å². The lowest BCUT2D eigenvalue weighted by Crippen LogP contribution is -2.44. The third-order valence-corrected chi connectivity index (χ3v) is 5.91. The molecule has 25 heavy (non-hydrogen) atoms. The first-order valence-electron chi connectivity index (χ1n) is 9.69. The summed E-state index contributed by atoms with van der Waals surface area (Å²) < 4.78 is 0. The second-order valence-electron chi connectivity index (χ2n) is 7.85. The van der Waals surface area contributed by atoms with Gasteiger partial charge in [0.2, 0.25) is 0 Å². The molecule has 1 aliphatic carbocycles. The van der Waals surface area contributed by atoms with Crippen molar-refractivity contribution in [3.8, 4) is 0 Å². The third-order valence-electron chi connectivity index (χ3n) is 5.91. The fourth-order valence-corrected chi connectivity index (χ4v) is 4.75. The van der Waals surface area contributed by atoms with Crippen molar-refractivity contribution in [2.45, 2.75) is 79.1 Å². The highest BCUT2D eigenvalue weighted by atomic mass is 16.4. The van der Waals surface area contributed by atoms with Crippen LogP contribution in [0.5, 0.6) is 0 Å². The number of unbranched alkanes of at least 4 members (excludes halogenated alkanes) is 1. The van der Waals surface area contributed by atoms with Gasteiger partial charge in [-0.3, -0.25) is 9.59 Å². The van der Waals surface area contributed by atoms with Crippen LogP contribution in [-0.2, 0) is 4.79 Å². The summed E-state index contributed by atoms with van der Waals surface area (Å²) in [5.74, 6) is -1.29. The number of aliphatic carboxylic acids is 1. The summed E-state index contributed by atoms with van der Waals surface area (Å²) in [6, 6.07) is 4.08. The largest absolute Gasteiger partial charge is 0.481 e. The van der Waals surface area contributed by atoms with E-state index in [0.29, 0.717) is 19.3 Å². The molecule has 1 saturated carbocycles. The Bertz CT molecular complexity index is 616. The van der Waals surface area contributed by atoms with Crippen LogP contribution in [0.2, 0.25) is 0 Å². The number of Topliss-reactive ketones (excluding diaryl/α,β-unsaturated/α-hetero) is 1. The second-order valence-corrected chi connectivity index (χ2v) is 7.85. The number of ketones is 1. The molecule has 1 atom stereocenters. The Kier molecular flexibility index (Phi) is 6.42. The maximum absolute atomic E-state index is 13.7. The molecule has 0 spiro atoms. The van der Waals surface area contributed by atoms with Crippen LogP contribution in [0, 0.1) is 32.1 Å². The number of rotatable bonds is 7. The van der Waals surface area contributed by atoms with Gasteiger partial charge in [0.1, 0.15) is 0 Å². The number of carboxylic acids is 1. The number of hydrogen-bond donors (Lipinski definition) is 1. The van der Waals surface area contributed by atoms with Gasteiger partial charge in [0.25, 0.3) is 0 Å². The molecule has 0 radical (unpaired) electrons. The summed E-state index contributed by atoms with van der Waals surface area (Å²) >= 11 is 0. The number of aryl methyl sites for hydroxylation is 3. The molecule has 138 valence electrons. The number of carbonyl (C=O) groups is 2. The van der Waals surface area contributed by atoms with Crippen LogP contribution < -0.4 is 0 Å². The Balaban J connectivity index is 2.53. The summed E-state index contributed by atoms with van der Waals surface area (Å²) in [5.41, 5.74) is 3.13. The molecule has 1 aromatic rings. The molecule has 0 amide bonds. The molecule has 2 rings (SSSR count). The lowest BCUT2D eigenvalue weighted by Gasteiger charge is -2.41. The zero-order valence-corrected chi connectivity index (χ0v) is 16.2. The molecule has 1 aliphatic rings. The van der Waals surface area contributed by atoms with E-state index in [1.54, 1.807) is 0 Å². The molecular formula is C22H32O3. The monoisotopic (exact) mass is 344 g/mol. The standard InChI is InChI=1S/C22H32O3/c1-5-6-10-18(21(24)25)22(11-8-7-9-12-22)20(23)19-16(3)13-15(2)14-17(19)4/h13-14,18H,5-12H2,1-4H3,(H,24,25). The van der Waals surface area contributed by atoms with Gasteiger partial charge in [0, 0.05) is 11.0 Å². The predicted octanol–water partition coefficient (Wildman–Crippen LogP) is 5.64. The van der Waals surface area contributed by atoms with Gasteiger partial charge in [-0.05, 0) is 51.2 Å². The van der Waals surface area contributed by atoms with Crippen molar-refractivity contribution >= 4 is 11.8 Å². The quantitative estimate of drug-likeness (QED) is 0.652. The highest BCUT2D eigenvalue weighted by molar-refractivity contribution is 6.05. The Labute approximate surface area is 151 Å². The molecular weight excluding hydrogens is 312 g/mol. The first-order valence-corrected chi connectivity index (χ1v) is 9.69. The van der Waals surface area contributed by atoms with Gasteiger partial charge in [0.05, 0.1) is 5.92 Å². The molecule has 1 fully saturated rings. The molecule has 1 aromatic carbocycles. The molecule has 0 saturated heterocycles. The lowest BCUT2D eigenvalue weighted by molar-refractivity contribution is -0.146. The maximum atomic E-state index is 13.7. The van der Waals surface area contributed by atoms with Crippen LogP contribution >= 0.6 is 0 Å². The fraction of sp³-hybridized carbons (Fsp3) is 0.636. The number of carbonyl (C=O) groups excluding carboxylic acids is 1. The summed E-state index contributed by atoms with van der Waals surface area (Å²) in [6.07, 6.45) is 6.83. The Hall–Kier alpha value is -1.64. The molecule has 1 N–H and O–H groups in total. The van der Waals surface area contributed by atoms with E-state index < -0.39 is 17.3 Å². The van der Waals surface area contributed by atoms with Gasteiger partial charge in [0.15, 0.2) is 5.78 Å². The van der Waals surface area contributed by atoms with Crippen LogP contribution in [0.1, 0.15) is 85.3 Å². The molecule has 0 heterocycles. The highest BCUT2D eigenvalue weighted by Gasteiger charge is 2.49. The van der Waals surface area contributed by atoms with E-state index in [1.807, 2.05) is 32.9 Å². The van der Waals surface area contributed by atoms with Crippen LogP contribution in [0.15, 0.2) is 12.1 Å². The average Bonchev–Trinajstić information content (AvgIpc) is 2.54. The smallest absolute Gasteiger partial charge is 0.307 e. The first-order chi connectivity index (χ1) is 11.8. The summed E-state index contributed by atoms with van der Waals surface area (Å²) in [5, 5.41) is 9.94. The number of hydrogen-bond acceptors (Lipinski definition) is 2. The normalized spacial score (nSPS) is 17.9. The lowest BCUT2D eigenvalue weighted by atomic mass is 9.60. The van der Waals surface area contributed by atoms with Crippen LogP contribution in [0.3, 0.4) is 0 Å². The van der Waals surface area contributed by atoms with Crippen molar-refractivity contribution in [2.24, 2.45) is 11.3 Å². The van der Waals surface area contributed by atoms with Gasteiger partial charge in [-0.15, -0.1) is 0 Å². The van der Waals surface area contributed by atoms with E-state index in [9.17, 15) is 14.7 Å². The zero-order chi connectivity index (χ0) is 18.6. The molecule has 0 bridgehead atoms. The van der Waals surface area contributed by atoms with Gasteiger partial charge in [-0.1, -0.05) is 56.7 Å². The van der Waals surface area contributed by atoms with Gasteiger partial charge in [-0.25, -0.2) is 0 Å².